The lowest BCUT2D eigenvalue weighted by Crippen LogP contribution is -2.49. The predicted octanol–water partition coefficient (Wildman–Crippen LogP) is 6.22. The first-order chi connectivity index (χ1) is 12.2. The first kappa shape index (κ1) is 14.4. The summed E-state index contributed by atoms with van der Waals surface area (Å²) in [5, 5.41) is 0. The van der Waals surface area contributed by atoms with Crippen molar-refractivity contribution in [1.82, 2.24) is 0 Å². The smallest absolute Gasteiger partial charge is 0.110 e. The van der Waals surface area contributed by atoms with Gasteiger partial charge >= 0.3 is 0 Å². The van der Waals surface area contributed by atoms with Crippen LogP contribution in [0.15, 0.2) is 16.5 Å². The molecule has 0 atom stereocenters. The van der Waals surface area contributed by atoms with Gasteiger partial charge in [0.05, 0.1) is 0 Å². The van der Waals surface area contributed by atoms with Crippen LogP contribution in [0.1, 0.15) is 88.6 Å². The van der Waals surface area contributed by atoms with Crippen molar-refractivity contribution in [2.45, 2.75) is 87.9 Å². The van der Waals surface area contributed by atoms with E-state index in [9.17, 15) is 0 Å². The van der Waals surface area contributed by atoms with Gasteiger partial charge in [-0.2, -0.15) is 0 Å². The zero-order valence-corrected chi connectivity index (χ0v) is 15.5. The van der Waals surface area contributed by atoms with E-state index < -0.39 is 0 Å². The minimum Gasteiger partial charge on any atom is -0.465 e. The third-order valence-electron chi connectivity index (χ3n) is 9.73. The summed E-state index contributed by atoms with van der Waals surface area (Å²) in [6, 6.07) is 4.89. The molecule has 0 radical (unpaired) electrons. The molecule has 8 fully saturated rings. The quantitative estimate of drug-likeness (QED) is 0.625. The summed E-state index contributed by atoms with van der Waals surface area (Å²) in [7, 11) is 0. The van der Waals surface area contributed by atoms with Crippen LogP contribution >= 0.6 is 0 Å². The molecule has 0 unspecified atom stereocenters. The molecular formula is C24H32O. The van der Waals surface area contributed by atoms with E-state index in [1.807, 2.05) is 0 Å². The van der Waals surface area contributed by atoms with Crippen molar-refractivity contribution in [3.05, 3.63) is 23.7 Å². The van der Waals surface area contributed by atoms with Crippen molar-refractivity contribution < 1.29 is 4.42 Å². The van der Waals surface area contributed by atoms with Gasteiger partial charge in [-0.25, -0.2) is 0 Å². The van der Waals surface area contributed by atoms with Crippen LogP contribution in [0.5, 0.6) is 0 Å². The van der Waals surface area contributed by atoms with Gasteiger partial charge in [-0.3, -0.25) is 0 Å². The molecule has 1 nitrogen and oxygen atoms in total. The van der Waals surface area contributed by atoms with Crippen LogP contribution in [-0.4, -0.2) is 0 Å². The molecule has 8 bridgehead atoms. The van der Waals surface area contributed by atoms with Gasteiger partial charge in [0, 0.05) is 10.8 Å². The Morgan fingerprint density at radius 3 is 1.08 bits per heavy atom. The first-order valence-electron chi connectivity index (χ1n) is 11.3. The van der Waals surface area contributed by atoms with Gasteiger partial charge in [-0.15, -0.1) is 0 Å². The summed E-state index contributed by atoms with van der Waals surface area (Å²) < 4.78 is 6.85. The number of hydrogen-bond acceptors (Lipinski definition) is 1. The average Bonchev–Trinajstić information content (AvgIpc) is 3.04. The lowest BCUT2D eigenvalue weighted by atomic mass is 9.49. The molecule has 0 spiro atoms. The highest BCUT2D eigenvalue weighted by Crippen LogP contribution is 2.63. The molecule has 0 aromatic carbocycles. The lowest BCUT2D eigenvalue weighted by molar-refractivity contribution is -0.0273. The Kier molecular flexibility index (Phi) is 2.62. The molecule has 1 heteroatoms. The highest BCUT2D eigenvalue weighted by Gasteiger charge is 2.55. The van der Waals surface area contributed by atoms with Crippen molar-refractivity contribution in [2.75, 3.05) is 0 Å². The molecule has 0 N–H and O–H groups in total. The van der Waals surface area contributed by atoms with Gasteiger partial charge in [0.15, 0.2) is 0 Å². The van der Waals surface area contributed by atoms with Crippen LogP contribution < -0.4 is 0 Å². The summed E-state index contributed by atoms with van der Waals surface area (Å²) >= 11 is 0. The molecule has 8 saturated carbocycles. The fraction of sp³-hybridized carbons (Fsp3) is 0.833. The molecule has 134 valence electrons. The number of hydrogen-bond donors (Lipinski definition) is 0. The van der Waals surface area contributed by atoms with Crippen molar-refractivity contribution in [3.8, 4) is 0 Å². The van der Waals surface area contributed by atoms with Crippen molar-refractivity contribution >= 4 is 0 Å². The Morgan fingerprint density at radius 1 is 0.520 bits per heavy atom. The largest absolute Gasteiger partial charge is 0.465 e. The second kappa shape index (κ2) is 4.57. The maximum absolute atomic E-state index is 6.85. The van der Waals surface area contributed by atoms with Gasteiger partial charge in [0.25, 0.3) is 0 Å². The van der Waals surface area contributed by atoms with Crippen LogP contribution in [0.2, 0.25) is 0 Å². The molecule has 25 heavy (non-hydrogen) atoms. The van der Waals surface area contributed by atoms with Gasteiger partial charge in [0.2, 0.25) is 0 Å². The number of furan rings is 1. The molecule has 0 amide bonds. The topological polar surface area (TPSA) is 13.1 Å². The van der Waals surface area contributed by atoms with E-state index in [0.717, 1.165) is 35.5 Å². The highest BCUT2D eigenvalue weighted by molar-refractivity contribution is 5.28. The third-order valence-corrected chi connectivity index (χ3v) is 9.73. The predicted molar refractivity (Wildman–Crippen MR) is 98.4 cm³/mol. The zero-order valence-electron chi connectivity index (χ0n) is 15.5. The Morgan fingerprint density at radius 2 is 0.800 bits per heavy atom. The van der Waals surface area contributed by atoms with Gasteiger partial charge < -0.3 is 4.42 Å². The SMILES string of the molecule is c1cc(C23CC4CC(CC(C4)C2)C3)oc1C12CC3CC(CC(C3)C1)C2. The Hall–Kier alpha value is -0.720. The highest BCUT2D eigenvalue weighted by atomic mass is 16.3. The van der Waals surface area contributed by atoms with Crippen LogP contribution in [0.3, 0.4) is 0 Å². The van der Waals surface area contributed by atoms with E-state index in [1.54, 1.807) is 0 Å². The van der Waals surface area contributed by atoms with Crippen LogP contribution in [0, 0.1) is 35.5 Å². The summed E-state index contributed by atoms with van der Waals surface area (Å²) in [4.78, 5) is 0. The fourth-order valence-corrected chi connectivity index (χ4v) is 9.73. The molecule has 1 heterocycles. The molecule has 0 saturated heterocycles. The van der Waals surface area contributed by atoms with Crippen LogP contribution in [0.25, 0.3) is 0 Å². The summed E-state index contributed by atoms with van der Waals surface area (Å²) in [6.07, 6.45) is 17.8. The Balaban J connectivity index is 1.25. The van der Waals surface area contributed by atoms with Gasteiger partial charge in [0.1, 0.15) is 11.5 Å². The normalized spacial score (nSPS) is 55.2. The molecule has 1 aromatic rings. The van der Waals surface area contributed by atoms with Crippen molar-refractivity contribution in [2.24, 2.45) is 35.5 Å². The lowest BCUT2D eigenvalue weighted by Gasteiger charge is -2.56. The molecular weight excluding hydrogens is 304 g/mol. The molecule has 8 aliphatic carbocycles. The van der Waals surface area contributed by atoms with Crippen molar-refractivity contribution in [1.29, 1.82) is 0 Å². The Bertz CT molecular complexity index is 580. The van der Waals surface area contributed by atoms with Crippen LogP contribution in [0.4, 0.5) is 0 Å². The maximum Gasteiger partial charge on any atom is 0.110 e. The summed E-state index contributed by atoms with van der Waals surface area (Å²) in [5.41, 5.74) is 0.880. The van der Waals surface area contributed by atoms with Gasteiger partial charge in [-0.05, 0) is 125 Å². The first-order valence-corrected chi connectivity index (χ1v) is 11.3. The van der Waals surface area contributed by atoms with Gasteiger partial charge in [-0.1, -0.05) is 0 Å². The minimum atomic E-state index is 0.440. The van der Waals surface area contributed by atoms with E-state index in [2.05, 4.69) is 12.1 Å². The third kappa shape index (κ3) is 1.91. The van der Waals surface area contributed by atoms with E-state index in [0.29, 0.717) is 10.8 Å². The average molecular weight is 337 g/mol. The second-order valence-corrected chi connectivity index (χ2v) is 11.6. The molecule has 9 rings (SSSR count). The molecule has 8 aliphatic rings. The van der Waals surface area contributed by atoms with Crippen molar-refractivity contribution in [3.63, 3.8) is 0 Å². The standard InChI is InChI=1S/C24H32O/c1-2-22(24-12-18-6-19(13-24)8-20(7-18)14-24)25-21(1)23-9-15-3-16(10-23)5-17(4-15)11-23/h1-2,15-20H,3-14H2. The summed E-state index contributed by atoms with van der Waals surface area (Å²) in [6.45, 7) is 0. The fourth-order valence-electron chi connectivity index (χ4n) is 9.73. The van der Waals surface area contributed by atoms with E-state index in [-0.39, 0.29) is 0 Å². The summed E-state index contributed by atoms with van der Waals surface area (Å²) in [5.74, 6) is 8.91. The molecule has 1 aromatic heterocycles. The monoisotopic (exact) mass is 336 g/mol. The van der Waals surface area contributed by atoms with E-state index >= 15 is 0 Å². The number of rotatable bonds is 2. The maximum atomic E-state index is 6.85. The molecule has 0 aliphatic heterocycles. The minimum absolute atomic E-state index is 0.440. The second-order valence-electron chi connectivity index (χ2n) is 11.6. The Labute approximate surface area is 151 Å². The van der Waals surface area contributed by atoms with Crippen LogP contribution in [-0.2, 0) is 10.8 Å². The van der Waals surface area contributed by atoms with E-state index in [1.165, 1.54) is 88.6 Å². The van der Waals surface area contributed by atoms with E-state index in [4.69, 9.17) is 4.42 Å². The zero-order chi connectivity index (χ0) is 16.2.